The average Bonchev–Trinajstić information content (AvgIpc) is 2.91. The zero-order valence-electron chi connectivity index (χ0n) is 9.37. The Hall–Kier alpha value is -2.38. The number of hydrogen-bond acceptors (Lipinski definition) is 5. The molecule has 0 saturated heterocycles. The van der Waals surface area contributed by atoms with Gasteiger partial charge in [0.25, 0.3) is 5.91 Å². The molecule has 0 aliphatic rings. The van der Waals surface area contributed by atoms with E-state index in [0.29, 0.717) is 24.5 Å². The highest BCUT2D eigenvalue weighted by atomic mass is 16.1. The molecule has 0 fully saturated rings. The van der Waals surface area contributed by atoms with Crippen molar-refractivity contribution in [3.63, 3.8) is 0 Å². The number of carbonyl (C=O) groups excluding carboxylic acids is 1. The van der Waals surface area contributed by atoms with Crippen LogP contribution in [0.4, 0.5) is 5.82 Å². The van der Waals surface area contributed by atoms with Gasteiger partial charge in [0.05, 0.1) is 18.9 Å². The highest BCUT2D eigenvalue weighted by molar-refractivity contribution is 5.98. The van der Waals surface area contributed by atoms with E-state index in [9.17, 15) is 4.79 Å². The summed E-state index contributed by atoms with van der Waals surface area (Å²) >= 11 is 0. The van der Waals surface area contributed by atoms with Crippen molar-refractivity contribution in [3.05, 3.63) is 24.2 Å². The Morgan fingerprint density at radius 2 is 2.41 bits per heavy atom. The maximum absolute atomic E-state index is 11.7. The summed E-state index contributed by atoms with van der Waals surface area (Å²) in [6.07, 6.45) is 4.76. The average molecular weight is 235 g/mol. The predicted octanol–water partition coefficient (Wildman–Crippen LogP) is -0.976. The topological polar surface area (TPSA) is 104 Å². The Morgan fingerprint density at radius 1 is 1.59 bits per heavy atom. The minimum Gasteiger partial charge on any atom is -0.383 e. The van der Waals surface area contributed by atoms with Gasteiger partial charge in [0.15, 0.2) is 0 Å². The first-order chi connectivity index (χ1) is 8.18. The summed E-state index contributed by atoms with van der Waals surface area (Å²) in [6, 6.07) is 0. The maximum atomic E-state index is 11.7. The van der Waals surface area contributed by atoms with Gasteiger partial charge in [0, 0.05) is 19.8 Å². The number of anilines is 1. The summed E-state index contributed by atoms with van der Waals surface area (Å²) in [5.41, 5.74) is 6.06. The van der Waals surface area contributed by atoms with Crippen molar-refractivity contribution >= 4 is 11.7 Å². The lowest BCUT2D eigenvalue weighted by molar-refractivity contribution is 0.0952. The van der Waals surface area contributed by atoms with E-state index in [4.69, 9.17) is 5.73 Å². The van der Waals surface area contributed by atoms with E-state index in [1.54, 1.807) is 24.1 Å². The number of nitrogens with two attached hydrogens (primary N) is 1. The van der Waals surface area contributed by atoms with E-state index in [2.05, 4.69) is 20.7 Å². The molecule has 0 atom stereocenters. The van der Waals surface area contributed by atoms with Crippen LogP contribution in [0.5, 0.6) is 0 Å². The van der Waals surface area contributed by atoms with Gasteiger partial charge in [-0.05, 0) is 0 Å². The second kappa shape index (κ2) is 4.64. The number of carbonyl (C=O) groups is 1. The van der Waals surface area contributed by atoms with Gasteiger partial charge in [-0.15, -0.1) is 5.10 Å². The lowest BCUT2D eigenvalue weighted by Gasteiger charge is -2.04. The Kier molecular flexibility index (Phi) is 3.03. The third kappa shape index (κ3) is 2.41. The number of nitrogen functional groups attached to an aromatic ring is 1. The summed E-state index contributed by atoms with van der Waals surface area (Å²) in [4.78, 5) is 11.7. The molecule has 2 aromatic rings. The minimum atomic E-state index is -0.240. The third-order valence-corrected chi connectivity index (χ3v) is 2.33. The summed E-state index contributed by atoms with van der Waals surface area (Å²) < 4.78 is 3.08. The van der Waals surface area contributed by atoms with E-state index >= 15 is 0 Å². The second-order valence-corrected chi connectivity index (χ2v) is 3.49. The van der Waals surface area contributed by atoms with Gasteiger partial charge >= 0.3 is 0 Å². The van der Waals surface area contributed by atoms with Crippen molar-refractivity contribution in [2.45, 2.75) is 6.54 Å². The van der Waals surface area contributed by atoms with E-state index in [1.807, 2.05) is 0 Å². The zero-order valence-corrected chi connectivity index (χ0v) is 9.37. The SMILES string of the molecule is Cn1ncc(C(=O)NCCn2ccnn2)c1N. The molecular weight excluding hydrogens is 222 g/mol. The molecule has 1 amide bonds. The van der Waals surface area contributed by atoms with Crippen LogP contribution in [0.1, 0.15) is 10.4 Å². The number of nitrogens with one attached hydrogen (secondary N) is 1. The van der Waals surface area contributed by atoms with Crippen LogP contribution in [0.3, 0.4) is 0 Å². The lowest BCUT2D eigenvalue weighted by atomic mass is 10.3. The van der Waals surface area contributed by atoms with Crippen molar-refractivity contribution in [2.24, 2.45) is 7.05 Å². The molecule has 8 heteroatoms. The molecule has 0 aliphatic carbocycles. The molecule has 8 nitrogen and oxygen atoms in total. The Balaban J connectivity index is 1.87. The van der Waals surface area contributed by atoms with Crippen LogP contribution in [0.2, 0.25) is 0 Å². The first-order valence-electron chi connectivity index (χ1n) is 5.08. The number of rotatable bonds is 4. The van der Waals surface area contributed by atoms with Gasteiger partial charge in [-0.25, -0.2) is 0 Å². The number of aryl methyl sites for hydroxylation is 1. The molecule has 0 unspecified atom stereocenters. The fourth-order valence-corrected chi connectivity index (χ4v) is 1.35. The van der Waals surface area contributed by atoms with Crippen LogP contribution in [0.15, 0.2) is 18.6 Å². The van der Waals surface area contributed by atoms with Crippen molar-refractivity contribution in [3.8, 4) is 0 Å². The maximum Gasteiger partial charge on any atom is 0.256 e. The molecule has 0 radical (unpaired) electrons. The molecule has 0 saturated carbocycles. The highest BCUT2D eigenvalue weighted by Crippen LogP contribution is 2.08. The Bertz CT molecular complexity index is 501. The van der Waals surface area contributed by atoms with Gasteiger partial charge in [0.2, 0.25) is 0 Å². The fourth-order valence-electron chi connectivity index (χ4n) is 1.35. The quantitative estimate of drug-likeness (QED) is 0.709. The molecule has 0 aliphatic heterocycles. The second-order valence-electron chi connectivity index (χ2n) is 3.49. The predicted molar refractivity (Wildman–Crippen MR) is 60.0 cm³/mol. The molecule has 2 aromatic heterocycles. The van der Waals surface area contributed by atoms with E-state index < -0.39 is 0 Å². The normalized spacial score (nSPS) is 10.4. The first-order valence-corrected chi connectivity index (χ1v) is 5.08. The molecule has 0 aromatic carbocycles. The van der Waals surface area contributed by atoms with Crippen molar-refractivity contribution in [2.75, 3.05) is 12.3 Å². The number of nitrogens with zero attached hydrogens (tertiary/aromatic N) is 5. The zero-order chi connectivity index (χ0) is 12.3. The van der Waals surface area contributed by atoms with Crippen LogP contribution in [0.25, 0.3) is 0 Å². The summed E-state index contributed by atoms with van der Waals surface area (Å²) in [6.45, 7) is 1.02. The number of amides is 1. The molecule has 0 spiro atoms. The Labute approximate surface area is 97.4 Å². The van der Waals surface area contributed by atoms with Crippen LogP contribution in [-0.2, 0) is 13.6 Å². The molecule has 17 heavy (non-hydrogen) atoms. The number of hydrogen-bond donors (Lipinski definition) is 2. The summed E-state index contributed by atoms with van der Waals surface area (Å²) in [5.74, 6) is 0.110. The first kappa shape index (κ1) is 11.1. The third-order valence-electron chi connectivity index (χ3n) is 2.33. The largest absolute Gasteiger partial charge is 0.383 e. The summed E-state index contributed by atoms with van der Waals surface area (Å²) in [5, 5.41) is 14.1. The molecule has 2 rings (SSSR count). The van der Waals surface area contributed by atoms with Crippen LogP contribution in [-0.4, -0.2) is 37.2 Å². The minimum absolute atomic E-state index is 0.240. The lowest BCUT2D eigenvalue weighted by Crippen LogP contribution is -2.27. The molecular formula is C9H13N7O. The van der Waals surface area contributed by atoms with Crippen molar-refractivity contribution in [1.82, 2.24) is 30.1 Å². The van der Waals surface area contributed by atoms with E-state index in [1.165, 1.54) is 10.9 Å². The van der Waals surface area contributed by atoms with Crippen LogP contribution < -0.4 is 11.1 Å². The monoisotopic (exact) mass is 235 g/mol. The highest BCUT2D eigenvalue weighted by Gasteiger charge is 2.12. The van der Waals surface area contributed by atoms with Gasteiger partial charge < -0.3 is 11.1 Å². The molecule has 3 N–H and O–H groups in total. The fraction of sp³-hybridized carbons (Fsp3) is 0.333. The van der Waals surface area contributed by atoms with Gasteiger partial charge in [-0.1, -0.05) is 5.21 Å². The molecule has 0 bridgehead atoms. The smallest absolute Gasteiger partial charge is 0.256 e. The Morgan fingerprint density at radius 3 is 3.00 bits per heavy atom. The summed E-state index contributed by atoms with van der Waals surface area (Å²) in [7, 11) is 1.68. The van der Waals surface area contributed by atoms with E-state index in [0.717, 1.165) is 0 Å². The van der Waals surface area contributed by atoms with Gasteiger partial charge in [-0.2, -0.15) is 5.10 Å². The van der Waals surface area contributed by atoms with Crippen LogP contribution in [0, 0.1) is 0 Å². The van der Waals surface area contributed by atoms with Crippen molar-refractivity contribution < 1.29 is 4.79 Å². The molecule has 2 heterocycles. The van der Waals surface area contributed by atoms with Gasteiger partial charge in [-0.3, -0.25) is 14.2 Å². The van der Waals surface area contributed by atoms with Crippen molar-refractivity contribution in [1.29, 1.82) is 0 Å². The van der Waals surface area contributed by atoms with Gasteiger partial charge in [0.1, 0.15) is 11.4 Å². The number of aromatic nitrogens is 5. The van der Waals surface area contributed by atoms with E-state index in [-0.39, 0.29) is 5.91 Å². The standard InChI is InChI=1S/C9H13N7O/c1-15-8(10)7(6-13-15)9(17)11-2-4-16-5-3-12-14-16/h3,5-6H,2,4,10H2,1H3,(H,11,17). The molecule has 90 valence electrons. The van der Waals surface area contributed by atoms with Crippen LogP contribution >= 0.6 is 0 Å².